The van der Waals surface area contributed by atoms with Gasteiger partial charge in [0.2, 0.25) is 0 Å². The van der Waals surface area contributed by atoms with Crippen LogP contribution in [0.1, 0.15) is 65.5 Å². The topological polar surface area (TPSA) is 72.5 Å². The van der Waals surface area contributed by atoms with Crippen molar-refractivity contribution in [1.82, 2.24) is 5.32 Å². The lowest BCUT2D eigenvalue weighted by Crippen LogP contribution is -2.36. The van der Waals surface area contributed by atoms with Crippen LogP contribution in [0.2, 0.25) is 0 Å². The zero-order chi connectivity index (χ0) is 21.4. The Morgan fingerprint density at radius 1 is 0.897 bits per heavy atom. The monoisotopic (exact) mass is 395 g/mol. The number of benzene rings is 2. The van der Waals surface area contributed by atoms with E-state index in [1.807, 2.05) is 26.0 Å². The highest BCUT2D eigenvalue weighted by atomic mass is 16.5. The highest BCUT2D eigenvalue weighted by molar-refractivity contribution is 6.14. The van der Waals surface area contributed by atoms with Crippen LogP contribution < -0.4 is 5.32 Å². The summed E-state index contributed by atoms with van der Waals surface area (Å²) in [5.41, 5.74) is 1.95. The number of carbonyl (C=O) groups is 3. The van der Waals surface area contributed by atoms with Gasteiger partial charge in [-0.05, 0) is 38.7 Å². The fourth-order valence-electron chi connectivity index (χ4n) is 2.90. The van der Waals surface area contributed by atoms with Gasteiger partial charge in [0.1, 0.15) is 0 Å². The van der Waals surface area contributed by atoms with Gasteiger partial charge >= 0.3 is 5.97 Å². The number of hydrogen-bond donors (Lipinski definition) is 1. The highest BCUT2D eigenvalue weighted by Gasteiger charge is 2.20. The number of nitrogens with one attached hydrogen (secondary N) is 1. The molecule has 0 aliphatic carbocycles. The molecule has 2 rings (SSSR count). The number of carbonyl (C=O) groups excluding carboxylic acids is 3. The molecule has 0 aliphatic rings. The minimum Gasteiger partial charge on any atom is -0.452 e. The van der Waals surface area contributed by atoms with Crippen molar-refractivity contribution < 1.29 is 19.1 Å². The Balaban J connectivity index is 2.00. The van der Waals surface area contributed by atoms with E-state index in [0.29, 0.717) is 11.5 Å². The molecule has 0 saturated heterocycles. The standard InChI is InChI=1S/C24H29NO4/c1-16(2)9-12-18(4)25-22(26)15-29-24(28)21-8-6-5-7-20(21)23(27)19-13-10-17(3)11-14-19/h5-8,10-11,13-14,16,18H,9,12,15H2,1-4H3,(H,25,26)/t18-/m0/s1. The number of ether oxygens (including phenoxy) is 1. The molecular weight excluding hydrogens is 366 g/mol. The second-order valence-electron chi connectivity index (χ2n) is 7.76. The van der Waals surface area contributed by atoms with E-state index >= 15 is 0 Å². The van der Waals surface area contributed by atoms with Crippen molar-refractivity contribution in [2.24, 2.45) is 5.92 Å². The van der Waals surface area contributed by atoms with Gasteiger partial charge in [-0.2, -0.15) is 0 Å². The van der Waals surface area contributed by atoms with Gasteiger partial charge in [0.05, 0.1) is 5.56 Å². The average molecular weight is 395 g/mol. The van der Waals surface area contributed by atoms with Crippen LogP contribution in [0.4, 0.5) is 0 Å². The Labute approximate surface area is 172 Å². The number of ketones is 1. The predicted octanol–water partition coefficient (Wildman–Crippen LogP) is 4.32. The van der Waals surface area contributed by atoms with Gasteiger partial charge in [-0.3, -0.25) is 9.59 Å². The van der Waals surface area contributed by atoms with Crippen LogP contribution >= 0.6 is 0 Å². The minimum absolute atomic E-state index is 0.0130. The van der Waals surface area contributed by atoms with E-state index in [9.17, 15) is 14.4 Å². The van der Waals surface area contributed by atoms with Crippen molar-refractivity contribution in [2.75, 3.05) is 6.61 Å². The van der Waals surface area contributed by atoms with Crippen molar-refractivity contribution in [3.8, 4) is 0 Å². The van der Waals surface area contributed by atoms with Crippen LogP contribution in [0.3, 0.4) is 0 Å². The van der Waals surface area contributed by atoms with Crippen molar-refractivity contribution >= 4 is 17.7 Å². The van der Waals surface area contributed by atoms with Crippen LogP contribution in [-0.4, -0.2) is 30.3 Å². The molecule has 0 spiro atoms. The summed E-state index contributed by atoms with van der Waals surface area (Å²) in [5.74, 6) is -0.734. The molecule has 0 aromatic heterocycles. The smallest absolute Gasteiger partial charge is 0.339 e. The van der Waals surface area contributed by atoms with E-state index in [1.165, 1.54) is 6.07 Å². The summed E-state index contributed by atoms with van der Waals surface area (Å²) in [7, 11) is 0. The first-order chi connectivity index (χ1) is 13.8. The lowest BCUT2D eigenvalue weighted by atomic mass is 9.98. The largest absolute Gasteiger partial charge is 0.452 e. The lowest BCUT2D eigenvalue weighted by molar-refractivity contribution is -0.124. The first-order valence-corrected chi connectivity index (χ1v) is 9.94. The highest BCUT2D eigenvalue weighted by Crippen LogP contribution is 2.16. The molecule has 0 fully saturated rings. The Morgan fingerprint density at radius 2 is 1.52 bits per heavy atom. The third kappa shape index (κ3) is 6.86. The van der Waals surface area contributed by atoms with Crippen molar-refractivity contribution in [3.05, 3.63) is 70.8 Å². The van der Waals surface area contributed by atoms with Gasteiger partial charge in [0.25, 0.3) is 5.91 Å². The van der Waals surface area contributed by atoms with E-state index in [-0.39, 0.29) is 35.5 Å². The molecule has 0 saturated carbocycles. The fourth-order valence-corrected chi connectivity index (χ4v) is 2.90. The second-order valence-corrected chi connectivity index (χ2v) is 7.76. The summed E-state index contributed by atoms with van der Waals surface area (Å²) in [5, 5.41) is 2.83. The van der Waals surface area contributed by atoms with Gasteiger partial charge in [0, 0.05) is 17.2 Å². The quantitative estimate of drug-likeness (QED) is 0.507. The van der Waals surface area contributed by atoms with Crippen LogP contribution in [0.25, 0.3) is 0 Å². The molecule has 1 atom stereocenters. The molecular formula is C24H29NO4. The zero-order valence-corrected chi connectivity index (χ0v) is 17.5. The van der Waals surface area contributed by atoms with Crippen LogP contribution in [0.15, 0.2) is 48.5 Å². The minimum atomic E-state index is -0.689. The van der Waals surface area contributed by atoms with Gasteiger partial charge in [-0.25, -0.2) is 4.79 Å². The molecule has 0 radical (unpaired) electrons. The Kier molecular flexibility index (Phi) is 8.13. The molecule has 29 heavy (non-hydrogen) atoms. The molecule has 0 bridgehead atoms. The normalized spacial score (nSPS) is 11.8. The number of aryl methyl sites for hydroxylation is 1. The molecule has 0 aliphatic heterocycles. The zero-order valence-electron chi connectivity index (χ0n) is 17.5. The van der Waals surface area contributed by atoms with Gasteiger partial charge in [-0.1, -0.05) is 61.9 Å². The molecule has 1 N–H and O–H groups in total. The number of hydrogen-bond acceptors (Lipinski definition) is 4. The summed E-state index contributed by atoms with van der Waals surface area (Å²) in [6.07, 6.45) is 1.88. The summed E-state index contributed by atoms with van der Waals surface area (Å²) in [6, 6.07) is 13.6. The molecule has 1 amide bonds. The summed E-state index contributed by atoms with van der Waals surface area (Å²) >= 11 is 0. The summed E-state index contributed by atoms with van der Waals surface area (Å²) < 4.78 is 5.16. The van der Waals surface area contributed by atoms with E-state index in [2.05, 4.69) is 19.2 Å². The molecule has 2 aromatic carbocycles. The summed E-state index contributed by atoms with van der Waals surface area (Å²) in [6.45, 7) is 7.75. The number of esters is 1. The molecule has 5 heteroatoms. The third-order valence-electron chi connectivity index (χ3n) is 4.62. The third-order valence-corrected chi connectivity index (χ3v) is 4.62. The van der Waals surface area contributed by atoms with Crippen LogP contribution in [0.5, 0.6) is 0 Å². The SMILES string of the molecule is Cc1ccc(C(=O)c2ccccc2C(=O)OCC(=O)N[C@@H](C)CCC(C)C)cc1. The van der Waals surface area contributed by atoms with Gasteiger partial charge in [0.15, 0.2) is 12.4 Å². The first-order valence-electron chi connectivity index (χ1n) is 9.94. The maximum atomic E-state index is 12.8. The lowest BCUT2D eigenvalue weighted by Gasteiger charge is -2.15. The molecule has 2 aromatic rings. The van der Waals surface area contributed by atoms with Gasteiger partial charge < -0.3 is 10.1 Å². The first kappa shape index (κ1) is 22.3. The van der Waals surface area contributed by atoms with Gasteiger partial charge in [-0.15, -0.1) is 0 Å². The predicted molar refractivity (Wildman–Crippen MR) is 113 cm³/mol. The van der Waals surface area contributed by atoms with Crippen molar-refractivity contribution in [2.45, 2.75) is 46.6 Å². The average Bonchev–Trinajstić information content (AvgIpc) is 2.70. The molecule has 0 heterocycles. The van der Waals surface area contributed by atoms with E-state index in [0.717, 1.165) is 18.4 Å². The van der Waals surface area contributed by atoms with E-state index < -0.39 is 5.97 Å². The Morgan fingerprint density at radius 3 is 2.14 bits per heavy atom. The van der Waals surface area contributed by atoms with E-state index in [1.54, 1.807) is 30.3 Å². The Bertz CT molecular complexity index is 855. The van der Waals surface area contributed by atoms with Crippen molar-refractivity contribution in [1.29, 1.82) is 0 Å². The maximum absolute atomic E-state index is 12.8. The maximum Gasteiger partial charge on any atom is 0.339 e. The fraction of sp³-hybridized carbons (Fsp3) is 0.375. The second kappa shape index (κ2) is 10.6. The summed E-state index contributed by atoms with van der Waals surface area (Å²) in [4.78, 5) is 37.4. The molecule has 154 valence electrons. The number of amides is 1. The van der Waals surface area contributed by atoms with E-state index in [4.69, 9.17) is 4.74 Å². The Hall–Kier alpha value is -2.95. The van der Waals surface area contributed by atoms with Crippen LogP contribution in [-0.2, 0) is 9.53 Å². The number of rotatable bonds is 9. The van der Waals surface area contributed by atoms with Crippen molar-refractivity contribution in [3.63, 3.8) is 0 Å². The molecule has 5 nitrogen and oxygen atoms in total. The molecule has 0 unspecified atom stereocenters. The van der Waals surface area contributed by atoms with Crippen LogP contribution in [0, 0.1) is 12.8 Å².